The average Bonchev–Trinajstić information content (AvgIpc) is 3.46. The number of pyridine rings is 2. The zero-order valence-corrected chi connectivity index (χ0v) is 20.8. The Balaban J connectivity index is 1.17. The second-order valence-corrected chi connectivity index (χ2v) is 10.4. The van der Waals surface area contributed by atoms with Crippen molar-refractivity contribution in [3.8, 4) is 22.8 Å². The lowest BCUT2D eigenvalue weighted by Gasteiger charge is -2.35. The Morgan fingerprint density at radius 1 is 1.11 bits per heavy atom. The third-order valence-corrected chi connectivity index (χ3v) is 7.94. The molecule has 4 atom stereocenters. The number of rotatable bonds is 3. The summed E-state index contributed by atoms with van der Waals surface area (Å²) < 4.78 is 12.1. The lowest BCUT2D eigenvalue weighted by molar-refractivity contribution is -0.117. The molecule has 3 aromatic rings. The molecule has 190 valence electrons. The Morgan fingerprint density at radius 2 is 2.00 bits per heavy atom. The zero-order valence-electron chi connectivity index (χ0n) is 20.8. The van der Waals surface area contributed by atoms with E-state index in [9.17, 15) is 9.90 Å². The minimum absolute atomic E-state index is 0.151. The van der Waals surface area contributed by atoms with Crippen molar-refractivity contribution >= 4 is 28.8 Å². The zero-order chi connectivity index (χ0) is 25.3. The predicted octanol–water partition coefficient (Wildman–Crippen LogP) is 4.39. The molecule has 2 saturated heterocycles. The molecule has 2 fully saturated rings. The SMILES string of the molecule is CC1Oc2cc(N3CCCC3=O)ccc2-c2cnc(Nc3cnc4c(c3)N3C(O)C(C)C[C@H]3CO4)cc21. The number of amides is 1. The van der Waals surface area contributed by atoms with E-state index in [1.807, 2.05) is 53.3 Å². The number of hydrogen-bond donors (Lipinski definition) is 2. The molecule has 0 bridgehead atoms. The van der Waals surface area contributed by atoms with Gasteiger partial charge in [-0.05, 0) is 44.0 Å². The van der Waals surface area contributed by atoms with E-state index in [1.54, 1.807) is 6.20 Å². The van der Waals surface area contributed by atoms with E-state index in [1.165, 1.54) is 0 Å². The van der Waals surface area contributed by atoms with Gasteiger partial charge in [0.1, 0.15) is 36.2 Å². The second kappa shape index (κ2) is 8.34. The molecule has 0 saturated carbocycles. The lowest BCUT2D eigenvalue weighted by Crippen LogP contribution is -2.43. The summed E-state index contributed by atoms with van der Waals surface area (Å²) in [6, 6.07) is 10.1. The van der Waals surface area contributed by atoms with Crippen LogP contribution in [0.2, 0.25) is 0 Å². The summed E-state index contributed by atoms with van der Waals surface area (Å²) in [5.74, 6) is 2.33. The van der Waals surface area contributed by atoms with Crippen LogP contribution < -0.4 is 24.6 Å². The highest BCUT2D eigenvalue weighted by molar-refractivity contribution is 5.96. The van der Waals surface area contributed by atoms with E-state index < -0.39 is 6.23 Å². The van der Waals surface area contributed by atoms with E-state index in [-0.39, 0.29) is 24.0 Å². The molecule has 9 heteroatoms. The van der Waals surface area contributed by atoms with Crippen LogP contribution in [-0.2, 0) is 4.79 Å². The van der Waals surface area contributed by atoms with Crippen molar-refractivity contribution in [3.63, 3.8) is 0 Å². The van der Waals surface area contributed by atoms with E-state index in [0.29, 0.717) is 24.7 Å². The Morgan fingerprint density at radius 3 is 2.84 bits per heavy atom. The van der Waals surface area contributed by atoms with Crippen LogP contribution in [0.3, 0.4) is 0 Å². The van der Waals surface area contributed by atoms with Crippen molar-refractivity contribution in [3.05, 3.63) is 48.3 Å². The Labute approximate surface area is 215 Å². The number of ether oxygens (including phenoxy) is 2. The number of nitrogens with one attached hydrogen (secondary N) is 1. The van der Waals surface area contributed by atoms with Gasteiger partial charge in [-0.1, -0.05) is 6.92 Å². The van der Waals surface area contributed by atoms with Gasteiger partial charge in [-0.2, -0.15) is 0 Å². The van der Waals surface area contributed by atoms with Crippen molar-refractivity contribution in [1.29, 1.82) is 0 Å². The minimum Gasteiger partial charge on any atom is -0.485 e. The largest absolute Gasteiger partial charge is 0.485 e. The molecular formula is C28H29N5O4. The summed E-state index contributed by atoms with van der Waals surface area (Å²) in [7, 11) is 0. The lowest BCUT2D eigenvalue weighted by atomic mass is 9.94. The molecule has 2 aromatic heterocycles. The maximum Gasteiger partial charge on any atom is 0.237 e. The highest BCUT2D eigenvalue weighted by Crippen LogP contribution is 2.45. The van der Waals surface area contributed by atoms with Crippen LogP contribution >= 0.6 is 0 Å². The quantitative estimate of drug-likeness (QED) is 0.547. The summed E-state index contributed by atoms with van der Waals surface area (Å²) in [5.41, 5.74) is 5.48. The van der Waals surface area contributed by atoms with Crippen molar-refractivity contribution in [1.82, 2.24) is 9.97 Å². The third-order valence-electron chi connectivity index (χ3n) is 7.94. The molecular weight excluding hydrogens is 470 g/mol. The summed E-state index contributed by atoms with van der Waals surface area (Å²) in [6.07, 6.45) is 5.25. The van der Waals surface area contributed by atoms with Crippen LogP contribution in [0.25, 0.3) is 11.1 Å². The molecule has 1 amide bonds. The first-order valence-corrected chi connectivity index (χ1v) is 12.9. The molecule has 0 aliphatic carbocycles. The van der Waals surface area contributed by atoms with Gasteiger partial charge in [0.25, 0.3) is 0 Å². The molecule has 37 heavy (non-hydrogen) atoms. The number of carbonyl (C=O) groups is 1. The van der Waals surface area contributed by atoms with Gasteiger partial charge < -0.3 is 29.7 Å². The molecule has 4 aliphatic heterocycles. The third kappa shape index (κ3) is 3.60. The number of nitrogens with zero attached hydrogens (tertiary/aromatic N) is 4. The number of benzene rings is 1. The van der Waals surface area contributed by atoms with E-state index in [4.69, 9.17) is 9.47 Å². The van der Waals surface area contributed by atoms with Gasteiger partial charge in [0.05, 0.1) is 17.9 Å². The van der Waals surface area contributed by atoms with E-state index in [0.717, 1.165) is 58.9 Å². The summed E-state index contributed by atoms with van der Waals surface area (Å²) in [5, 5.41) is 14.1. The number of aliphatic hydroxyl groups excluding tert-OH is 1. The number of carbonyl (C=O) groups excluding carboxylic acids is 1. The van der Waals surface area contributed by atoms with Crippen LogP contribution in [0.5, 0.6) is 11.6 Å². The van der Waals surface area contributed by atoms with Crippen molar-refractivity contribution in [2.24, 2.45) is 5.92 Å². The van der Waals surface area contributed by atoms with Gasteiger partial charge in [0, 0.05) is 53.5 Å². The number of aliphatic hydroxyl groups is 1. The van der Waals surface area contributed by atoms with E-state index >= 15 is 0 Å². The Hall–Kier alpha value is -3.85. The monoisotopic (exact) mass is 499 g/mol. The van der Waals surface area contributed by atoms with Crippen molar-refractivity contribution < 1.29 is 19.4 Å². The highest BCUT2D eigenvalue weighted by atomic mass is 16.5. The van der Waals surface area contributed by atoms with Crippen LogP contribution in [0.15, 0.2) is 42.7 Å². The minimum atomic E-state index is -0.547. The second-order valence-electron chi connectivity index (χ2n) is 10.4. The average molecular weight is 500 g/mol. The van der Waals surface area contributed by atoms with Crippen LogP contribution in [0.4, 0.5) is 22.9 Å². The number of anilines is 4. The summed E-state index contributed by atoms with van der Waals surface area (Å²) in [6.45, 7) is 5.37. The fourth-order valence-corrected chi connectivity index (χ4v) is 6.04. The molecule has 7 rings (SSSR count). The first-order valence-electron chi connectivity index (χ1n) is 12.9. The number of fused-ring (bicyclic) bond motifs is 6. The topological polar surface area (TPSA) is 100 Å². The molecule has 0 spiro atoms. The van der Waals surface area contributed by atoms with Crippen LogP contribution in [0.1, 0.15) is 44.8 Å². The van der Waals surface area contributed by atoms with Crippen LogP contribution in [-0.4, -0.2) is 46.4 Å². The molecule has 1 aromatic carbocycles. The molecule has 9 nitrogen and oxygen atoms in total. The van der Waals surface area contributed by atoms with Crippen molar-refractivity contribution in [2.75, 3.05) is 28.3 Å². The molecule has 3 unspecified atom stereocenters. The fraction of sp³-hybridized carbons (Fsp3) is 0.393. The van der Waals surface area contributed by atoms with Gasteiger partial charge >= 0.3 is 0 Å². The van der Waals surface area contributed by atoms with Crippen LogP contribution in [0, 0.1) is 5.92 Å². The smallest absolute Gasteiger partial charge is 0.237 e. The maximum atomic E-state index is 12.2. The van der Waals surface area contributed by atoms with Gasteiger partial charge in [0.2, 0.25) is 11.8 Å². The maximum absolute atomic E-state index is 12.2. The Bertz CT molecular complexity index is 1410. The summed E-state index contributed by atoms with van der Waals surface area (Å²) >= 11 is 0. The summed E-state index contributed by atoms with van der Waals surface area (Å²) in [4.78, 5) is 25.2. The Kier molecular flexibility index (Phi) is 5.04. The van der Waals surface area contributed by atoms with E-state index in [2.05, 4.69) is 22.2 Å². The van der Waals surface area contributed by atoms with Crippen molar-refractivity contribution in [2.45, 2.75) is 51.5 Å². The first-order chi connectivity index (χ1) is 18.0. The normalized spacial score (nSPS) is 25.5. The standard InChI is InChI=1S/C28H29N5O4/c1-15-8-19-14-36-27-23(33(19)28(15)35)9-17(12-30-27)31-25-11-21-16(2)37-24-10-18(32-7-3-4-26(32)34)5-6-20(24)22(21)13-29-25/h5-6,9-13,15-16,19,28,35H,3-4,7-8,14H2,1-2H3,(H,29,31)/t15?,16?,19-,28?/m0/s1. The predicted molar refractivity (Wildman–Crippen MR) is 139 cm³/mol. The van der Waals surface area contributed by atoms with Gasteiger partial charge in [0.15, 0.2) is 0 Å². The fourth-order valence-electron chi connectivity index (χ4n) is 6.04. The molecule has 6 heterocycles. The molecule has 0 radical (unpaired) electrons. The molecule has 2 N–H and O–H groups in total. The van der Waals surface area contributed by atoms with Gasteiger partial charge in [-0.15, -0.1) is 0 Å². The number of hydrogen-bond acceptors (Lipinski definition) is 8. The number of aromatic nitrogens is 2. The van der Waals surface area contributed by atoms with Gasteiger partial charge in [-0.3, -0.25) is 4.79 Å². The molecule has 4 aliphatic rings. The first kappa shape index (κ1) is 22.4. The highest BCUT2D eigenvalue weighted by Gasteiger charge is 2.42. The van der Waals surface area contributed by atoms with Gasteiger partial charge in [-0.25, -0.2) is 9.97 Å².